The minimum atomic E-state index is -2.65. The largest absolute Gasteiger partial charge is 0.325 e. The lowest BCUT2D eigenvalue weighted by atomic mass is 10.3. The summed E-state index contributed by atoms with van der Waals surface area (Å²) in [5, 5.41) is 0. The van der Waals surface area contributed by atoms with E-state index in [0.717, 1.165) is 0 Å². The zero-order valence-corrected chi connectivity index (χ0v) is 7.21. The molecule has 2 rings (SSSR count). The molecule has 1 saturated heterocycles. The normalized spacial score (nSPS) is 20.6. The maximum Gasteiger partial charge on any atom is 0.325 e. The van der Waals surface area contributed by atoms with Crippen LogP contribution in [0.4, 0.5) is 14.5 Å². The van der Waals surface area contributed by atoms with Crippen molar-refractivity contribution in [3.05, 3.63) is 30.3 Å². The summed E-state index contributed by atoms with van der Waals surface area (Å²) in [6, 6.07) is 6.19. The van der Waals surface area contributed by atoms with Gasteiger partial charge in [-0.05, 0) is 18.6 Å². The Labute approximate surface area is 76.0 Å². The van der Waals surface area contributed by atoms with Gasteiger partial charge in [0.2, 0.25) is 0 Å². The Bertz CT molecular complexity index is 284. The molecule has 1 aromatic carbocycles. The van der Waals surface area contributed by atoms with E-state index in [2.05, 4.69) is 0 Å². The van der Waals surface area contributed by atoms with Gasteiger partial charge >= 0.3 is 6.05 Å². The lowest BCUT2D eigenvalue weighted by Gasteiger charge is -2.25. The molecule has 1 aliphatic rings. The highest BCUT2D eigenvalue weighted by atomic mass is 19.3. The Morgan fingerprint density at radius 2 is 1.85 bits per heavy atom. The van der Waals surface area contributed by atoms with Crippen molar-refractivity contribution < 1.29 is 8.78 Å². The van der Waals surface area contributed by atoms with Crippen LogP contribution >= 0.6 is 0 Å². The van der Waals surface area contributed by atoms with Gasteiger partial charge in [-0.15, -0.1) is 0 Å². The van der Waals surface area contributed by atoms with E-state index in [1.165, 1.54) is 4.90 Å². The molecule has 0 radical (unpaired) electrons. The van der Waals surface area contributed by atoms with E-state index in [4.69, 9.17) is 0 Å². The van der Waals surface area contributed by atoms with Crippen molar-refractivity contribution in [2.24, 2.45) is 0 Å². The van der Waals surface area contributed by atoms with Crippen LogP contribution in [0.1, 0.15) is 12.8 Å². The summed E-state index contributed by atoms with van der Waals surface area (Å²) in [7, 11) is 0. The van der Waals surface area contributed by atoms with Crippen LogP contribution in [-0.4, -0.2) is 12.6 Å². The summed E-state index contributed by atoms with van der Waals surface area (Å²) >= 11 is 0. The summed E-state index contributed by atoms with van der Waals surface area (Å²) < 4.78 is 26.4. The quantitative estimate of drug-likeness (QED) is 0.605. The Morgan fingerprint density at radius 3 is 2.38 bits per heavy atom. The molecule has 1 aliphatic heterocycles. The van der Waals surface area contributed by atoms with Crippen molar-refractivity contribution in [2.45, 2.75) is 18.9 Å². The monoisotopic (exact) mass is 183 g/mol. The molecule has 0 N–H and O–H groups in total. The molecule has 1 fully saturated rings. The van der Waals surface area contributed by atoms with E-state index in [1.807, 2.05) is 6.07 Å². The minimum absolute atomic E-state index is 0.0259. The molecule has 1 heterocycles. The van der Waals surface area contributed by atoms with Gasteiger partial charge in [0, 0.05) is 18.7 Å². The molecule has 0 amide bonds. The zero-order chi connectivity index (χ0) is 9.31. The first-order valence-electron chi connectivity index (χ1n) is 4.41. The van der Waals surface area contributed by atoms with Crippen LogP contribution < -0.4 is 4.90 Å². The molecule has 0 bridgehead atoms. The summed E-state index contributed by atoms with van der Waals surface area (Å²) in [5.74, 6) is 0. The maximum atomic E-state index is 13.2. The fourth-order valence-electron chi connectivity index (χ4n) is 1.67. The number of para-hydroxylation sites is 1. The molecular formula is C10H11F2N. The van der Waals surface area contributed by atoms with Crippen molar-refractivity contribution in [1.82, 2.24) is 0 Å². The van der Waals surface area contributed by atoms with Gasteiger partial charge in [0.1, 0.15) is 0 Å². The number of alkyl halides is 2. The van der Waals surface area contributed by atoms with Gasteiger partial charge in [0.25, 0.3) is 0 Å². The molecule has 1 aromatic rings. The number of nitrogens with zero attached hydrogens (tertiary/aromatic N) is 1. The molecule has 0 saturated carbocycles. The second kappa shape index (κ2) is 2.98. The Morgan fingerprint density at radius 1 is 1.15 bits per heavy atom. The Hall–Kier alpha value is -1.12. The number of halogens is 2. The second-order valence-corrected chi connectivity index (χ2v) is 3.26. The topological polar surface area (TPSA) is 3.24 Å². The average molecular weight is 183 g/mol. The van der Waals surface area contributed by atoms with Gasteiger partial charge in [-0.2, -0.15) is 8.78 Å². The highest BCUT2D eigenvalue weighted by Crippen LogP contribution is 2.35. The summed E-state index contributed by atoms with van der Waals surface area (Å²) in [5.41, 5.74) is 0.616. The van der Waals surface area contributed by atoms with E-state index >= 15 is 0 Å². The third-order valence-corrected chi connectivity index (χ3v) is 2.32. The molecule has 70 valence electrons. The fraction of sp³-hybridized carbons (Fsp3) is 0.400. The predicted octanol–water partition coefficient (Wildman–Crippen LogP) is 2.88. The zero-order valence-electron chi connectivity index (χ0n) is 7.21. The molecule has 13 heavy (non-hydrogen) atoms. The van der Waals surface area contributed by atoms with E-state index < -0.39 is 6.05 Å². The van der Waals surface area contributed by atoms with Crippen molar-refractivity contribution in [3.8, 4) is 0 Å². The molecule has 1 nitrogen and oxygen atoms in total. The number of hydrogen-bond donors (Lipinski definition) is 0. The summed E-state index contributed by atoms with van der Waals surface area (Å²) in [6.07, 6.45) is 0.545. The average Bonchev–Trinajstić information content (AvgIpc) is 2.47. The standard InChI is InChI=1S/C10H11F2N/c11-10(12)7-4-8-13(10)9-5-2-1-3-6-9/h1-3,5-6H,4,7-8H2. The van der Waals surface area contributed by atoms with Gasteiger partial charge in [-0.3, -0.25) is 0 Å². The lowest BCUT2D eigenvalue weighted by Crippen LogP contribution is -2.35. The number of anilines is 1. The van der Waals surface area contributed by atoms with Crippen LogP contribution in [0.3, 0.4) is 0 Å². The molecule has 0 atom stereocenters. The first kappa shape index (κ1) is 8.48. The van der Waals surface area contributed by atoms with Gasteiger partial charge in [-0.25, -0.2) is 0 Å². The molecule has 3 heteroatoms. The third-order valence-electron chi connectivity index (χ3n) is 2.32. The smallest absolute Gasteiger partial charge is 0.313 e. The number of benzene rings is 1. The van der Waals surface area contributed by atoms with Crippen molar-refractivity contribution in [1.29, 1.82) is 0 Å². The minimum Gasteiger partial charge on any atom is -0.313 e. The predicted molar refractivity (Wildman–Crippen MR) is 48.0 cm³/mol. The maximum absolute atomic E-state index is 13.2. The van der Waals surface area contributed by atoms with Gasteiger partial charge < -0.3 is 4.90 Å². The molecule has 0 spiro atoms. The van der Waals surface area contributed by atoms with Crippen molar-refractivity contribution in [2.75, 3.05) is 11.4 Å². The number of rotatable bonds is 1. The van der Waals surface area contributed by atoms with E-state index in [-0.39, 0.29) is 6.42 Å². The summed E-state index contributed by atoms with van der Waals surface area (Å²) in [4.78, 5) is 1.17. The van der Waals surface area contributed by atoms with Crippen LogP contribution in [0.5, 0.6) is 0 Å². The van der Waals surface area contributed by atoms with Crippen LogP contribution in [-0.2, 0) is 0 Å². The fourth-order valence-corrected chi connectivity index (χ4v) is 1.67. The Balaban J connectivity index is 2.27. The SMILES string of the molecule is FC1(F)CCCN1c1ccccc1. The van der Waals surface area contributed by atoms with Crippen LogP contribution in [0.25, 0.3) is 0 Å². The van der Waals surface area contributed by atoms with E-state index in [9.17, 15) is 8.78 Å². The summed E-state index contributed by atoms with van der Waals surface area (Å²) in [6.45, 7) is 0.455. The highest BCUT2D eigenvalue weighted by Gasteiger charge is 2.41. The second-order valence-electron chi connectivity index (χ2n) is 3.26. The van der Waals surface area contributed by atoms with E-state index in [0.29, 0.717) is 18.7 Å². The third kappa shape index (κ3) is 1.50. The van der Waals surface area contributed by atoms with Crippen molar-refractivity contribution in [3.63, 3.8) is 0 Å². The number of hydrogen-bond acceptors (Lipinski definition) is 1. The van der Waals surface area contributed by atoms with Gasteiger partial charge in [0.15, 0.2) is 0 Å². The first-order chi connectivity index (χ1) is 6.20. The molecule has 0 aliphatic carbocycles. The lowest BCUT2D eigenvalue weighted by molar-refractivity contribution is 0.0130. The van der Waals surface area contributed by atoms with Crippen LogP contribution in [0.2, 0.25) is 0 Å². The van der Waals surface area contributed by atoms with Gasteiger partial charge in [0.05, 0.1) is 0 Å². The molecular weight excluding hydrogens is 172 g/mol. The Kier molecular flexibility index (Phi) is 1.94. The van der Waals surface area contributed by atoms with Crippen LogP contribution in [0.15, 0.2) is 30.3 Å². The molecule has 0 aromatic heterocycles. The first-order valence-corrected chi connectivity index (χ1v) is 4.41. The molecule has 0 unspecified atom stereocenters. The highest BCUT2D eigenvalue weighted by molar-refractivity contribution is 5.48. The van der Waals surface area contributed by atoms with Crippen molar-refractivity contribution >= 4 is 5.69 Å². The van der Waals surface area contributed by atoms with Crippen LogP contribution in [0, 0.1) is 0 Å². The van der Waals surface area contributed by atoms with Gasteiger partial charge in [-0.1, -0.05) is 18.2 Å². The van der Waals surface area contributed by atoms with E-state index in [1.54, 1.807) is 24.3 Å².